The summed E-state index contributed by atoms with van der Waals surface area (Å²) >= 11 is 0. The second-order valence-corrected chi connectivity index (χ2v) is 3.76. The molecule has 0 rings (SSSR count). The van der Waals surface area contributed by atoms with E-state index in [1.54, 1.807) is 0 Å². The summed E-state index contributed by atoms with van der Waals surface area (Å²) in [6.45, 7) is 0.0284. The molecule has 0 saturated carbocycles. The fourth-order valence-corrected chi connectivity index (χ4v) is 1.29. The summed E-state index contributed by atoms with van der Waals surface area (Å²) in [4.78, 5) is 8.87. The van der Waals surface area contributed by atoms with Crippen molar-refractivity contribution in [1.82, 2.24) is 0 Å². The zero-order chi connectivity index (χ0) is 8.74. The molecule has 68 valence electrons. The molecule has 11 heavy (non-hydrogen) atoms. The van der Waals surface area contributed by atoms with E-state index in [2.05, 4.69) is 9.26 Å². The Balaban J connectivity index is 3.47. The van der Waals surface area contributed by atoms with E-state index in [4.69, 9.17) is 10.00 Å². The Hall–Kier alpha value is 0.0700. The van der Waals surface area contributed by atoms with Crippen LogP contribution >= 0.6 is 7.60 Å². The van der Waals surface area contributed by atoms with E-state index < -0.39 is 7.60 Å². The maximum Gasteiger partial charge on any atom is 0.353 e. The summed E-state index contributed by atoms with van der Waals surface area (Å²) in [5.74, 6) is 0. The molecule has 2 N–H and O–H groups in total. The Bertz CT molecular complexity index is 137. The zero-order valence-corrected chi connectivity index (χ0v) is 7.29. The predicted octanol–water partition coefficient (Wildman–Crippen LogP) is 0.175. The minimum absolute atomic E-state index is 0.0486. The van der Waals surface area contributed by atoms with Gasteiger partial charge in [-0.25, -0.2) is 0 Å². The van der Waals surface area contributed by atoms with Gasteiger partial charge in [0, 0.05) is 13.7 Å². The van der Waals surface area contributed by atoms with Crippen molar-refractivity contribution in [3.05, 3.63) is 0 Å². The lowest BCUT2D eigenvalue weighted by molar-refractivity contribution is 0.176. The molecule has 1 atom stereocenters. The van der Waals surface area contributed by atoms with Crippen LogP contribution in [0.2, 0.25) is 0 Å². The van der Waals surface area contributed by atoms with Crippen molar-refractivity contribution >= 4 is 7.60 Å². The molecule has 0 saturated heterocycles. The number of methoxy groups -OCH3 is 1. The molecular weight excluding hydrogens is 171 g/mol. The Morgan fingerprint density at radius 2 is 2.18 bits per heavy atom. The van der Waals surface area contributed by atoms with Crippen LogP contribution in [0, 0.1) is 0 Å². The molecule has 0 radical (unpaired) electrons. The normalized spacial score (nSPS) is 16.3. The summed E-state index contributed by atoms with van der Waals surface area (Å²) in [7, 11) is -2.24. The zero-order valence-electron chi connectivity index (χ0n) is 6.39. The highest BCUT2D eigenvalue weighted by atomic mass is 31.2. The van der Waals surface area contributed by atoms with Crippen LogP contribution in [-0.2, 0) is 13.8 Å². The molecule has 0 heterocycles. The maximum atomic E-state index is 10.8. The first-order valence-electron chi connectivity index (χ1n) is 3.18. The molecule has 0 aliphatic heterocycles. The van der Waals surface area contributed by atoms with E-state index in [0.29, 0.717) is 6.42 Å². The number of ether oxygens (including phenoxy) is 1. The Labute approximate surface area is 65.5 Å². The molecule has 0 aliphatic rings. The number of aliphatic hydroxyl groups is 1. The van der Waals surface area contributed by atoms with Gasteiger partial charge in [0.1, 0.15) is 6.35 Å². The molecule has 0 bridgehead atoms. The van der Waals surface area contributed by atoms with Crippen molar-refractivity contribution < 1.29 is 23.8 Å². The molecule has 0 aromatic carbocycles. The van der Waals surface area contributed by atoms with Crippen molar-refractivity contribution in [2.75, 3.05) is 26.7 Å². The molecule has 0 aromatic heterocycles. The van der Waals surface area contributed by atoms with Crippen LogP contribution < -0.4 is 0 Å². The number of hydrogen-bond donors (Lipinski definition) is 2. The minimum atomic E-state index is -3.56. The topological polar surface area (TPSA) is 76.0 Å². The van der Waals surface area contributed by atoms with E-state index in [0.717, 1.165) is 0 Å². The summed E-state index contributed by atoms with van der Waals surface area (Å²) in [5, 5.41) is 8.31. The average Bonchev–Trinajstić information content (AvgIpc) is 1.87. The van der Waals surface area contributed by atoms with Gasteiger partial charge in [0.2, 0.25) is 0 Å². The first kappa shape index (κ1) is 11.1. The molecule has 0 aliphatic carbocycles. The fraction of sp³-hybridized carbons (Fsp3) is 1.00. The van der Waals surface area contributed by atoms with Crippen molar-refractivity contribution in [2.24, 2.45) is 0 Å². The highest BCUT2D eigenvalue weighted by molar-refractivity contribution is 7.52. The van der Waals surface area contributed by atoms with E-state index in [1.165, 1.54) is 7.11 Å². The Morgan fingerprint density at radius 1 is 1.55 bits per heavy atom. The number of rotatable bonds is 6. The molecule has 5 nitrogen and oxygen atoms in total. The molecule has 0 aromatic rings. The maximum absolute atomic E-state index is 10.8. The first-order valence-corrected chi connectivity index (χ1v) is 4.95. The molecule has 0 amide bonds. The second-order valence-electron chi connectivity index (χ2n) is 1.97. The lowest BCUT2D eigenvalue weighted by Gasteiger charge is -2.09. The van der Waals surface area contributed by atoms with Gasteiger partial charge in [-0.2, -0.15) is 0 Å². The van der Waals surface area contributed by atoms with Crippen LogP contribution in [0.1, 0.15) is 6.42 Å². The van der Waals surface area contributed by atoms with Crippen molar-refractivity contribution in [2.45, 2.75) is 6.42 Å². The highest BCUT2D eigenvalue weighted by Crippen LogP contribution is 2.41. The third-order valence-corrected chi connectivity index (χ3v) is 2.06. The summed E-state index contributed by atoms with van der Waals surface area (Å²) < 4.78 is 19.8. The summed E-state index contributed by atoms with van der Waals surface area (Å²) in [6.07, 6.45) is 0.0483. The SMILES string of the molecule is COCP(=O)(O)OCCCO. The second kappa shape index (κ2) is 5.69. The van der Waals surface area contributed by atoms with E-state index in [1.807, 2.05) is 0 Å². The molecule has 1 unspecified atom stereocenters. The van der Waals surface area contributed by atoms with Crippen molar-refractivity contribution in [1.29, 1.82) is 0 Å². The van der Waals surface area contributed by atoms with Crippen molar-refractivity contribution in [3.8, 4) is 0 Å². The van der Waals surface area contributed by atoms with Crippen LogP contribution in [0.5, 0.6) is 0 Å². The predicted molar refractivity (Wildman–Crippen MR) is 39.4 cm³/mol. The van der Waals surface area contributed by atoms with Gasteiger partial charge < -0.3 is 19.3 Å². The van der Waals surface area contributed by atoms with Gasteiger partial charge in [-0.3, -0.25) is 4.57 Å². The Morgan fingerprint density at radius 3 is 2.64 bits per heavy atom. The monoisotopic (exact) mass is 184 g/mol. The van der Waals surface area contributed by atoms with E-state index in [-0.39, 0.29) is 19.6 Å². The van der Waals surface area contributed by atoms with Crippen molar-refractivity contribution in [3.63, 3.8) is 0 Å². The van der Waals surface area contributed by atoms with Gasteiger partial charge >= 0.3 is 7.60 Å². The van der Waals surface area contributed by atoms with Gasteiger partial charge in [-0.1, -0.05) is 0 Å². The van der Waals surface area contributed by atoms with Crippen LogP contribution in [0.4, 0.5) is 0 Å². The quantitative estimate of drug-likeness (QED) is 0.454. The lowest BCUT2D eigenvalue weighted by atomic mass is 10.5. The number of hydrogen-bond acceptors (Lipinski definition) is 4. The summed E-state index contributed by atoms with van der Waals surface area (Å²) in [6, 6.07) is 0. The minimum Gasteiger partial charge on any atom is -0.396 e. The summed E-state index contributed by atoms with van der Waals surface area (Å²) in [5.41, 5.74) is 0. The first-order chi connectivity index (χ1) is 5.12. The average molecular weight is 184 g/mol. The fourth-order valence-electron chi connectivity index (χ4n) is 0.472. The number of aliphatic hydroxyl groups excluding tert-OH is 1. The standard InChI is InChI=1S/C5H13O5P/c1-9-5-11(7,8)10-4-2-3-6/h6H,2-5H2,1H3,(H,7,8). The molecular formula is C5H13O5P. The lowest BCUT2D eigenvalue weighted by Crippen LogP contribution is -1.99. The van der Waals surface area contributed by atoms with Gasteiger partial charge in [-0.15, -0.1) is 0 Å². The van der Waals surface area contributed by atoms with Gasteiger partial charge in [0.15, 0.2) is 0 Å². The van der Waals surface area contributed by atoms with Crippen LogP contribution in [0.15, 0.2) is 0 Å². The molecule has 0 spiro atoms. The van der Waals surface area contributed by atoms with Gasteiger partial charge in [-0.05, 0) is 6.42 Å². The van der Waals surface area contributed by atoms with E-state index >= 15 is 0 Å². The molecule has 6 heteroatoms. The Kier molecular flexibility index (Phi) is 5.72. The van der Waals surface area contributed by atoms with E-state index in [9.17, 15) is 4.57 Å². The van der Waals surface area contributed by atoms with Crippen LogP contribution in [0.25, 0.3) is 0 Å². The molecule has 0 fully saturated rings. The highest BCUT2D eigenvalue weighted by Gasteiger charge is 2.17. The van der Waals surface area contributed by atoms with Crippen LogP contribution in [-0.4, -0.2) is 36.7 Å². The van der Waals surface area contributed by atoms with Crippen LogP contribution in [0.3, 0.4) is 0 Å². The van der Waals surface area contributed by atoms with Gasteiger partial charge in [0.05, 0.1) is 6.61 Å². The smallest absolute Gasteiger partial charge is 0.353 e. The third-order valence-electron chi connectivity index (χ3n) is 0.888. The third kappa shape index (κ3) is 6.47. The largest absolute Gasteiger partial charge is 0.396 e. The van der Waals surface area contributed by atoms with Gasteiger partial charge in [0.25, 0.3) is 0 Å².